The molecule has 1 rings (SSSR count). The molecule has 0 spiro atoms. The van der Waals surface area contributed by atoms with Crippen LogP contribution in [0.5, 0.6) is 0 Å². The van der Waals surface area contributed by atoms with E-state index in [1.54, 1.807) is 0 Å². The van der Waals surface area contributed by atoms with Crippen molar-refractivity contribution < 1.29 is 0 Å². The fourth-order valence-electron chi connectivity index (χ4n) is 0.868. The topological polar surface area (TPSA) is 63.8 Å². The maximum absolute atomic E-state index is 5.69. The van der Waals surface area contributed by atoms with Crippen LogP contribution >= 0.6 is 11.6 Å². The van der Waals surface area contributed by atoms with E-state index in [9.17, 15) is 0 Å². The second-order valence-electron chi connectivity index (χ2n) is 3.62. The van der Waals surface area contributed by atoms with Crippen molar-refractivity contribution in [2.24, 2.45) is 5.92 Å². The molecule has 0 saturated heterocycles. The number of rotatable bonds is 3. The van der Waals surface area contributed by atoms with Gasteiger partial charge in [0.25, 0.3) is 0 Å². The van der Waals surface area contributed by atoms with E-state index >= 15 is 0 Å². The summed E-state index contributed by atoms with van der Waals surface area (Å²) in [6.07, 6.45) is 1.50. The second kappa shape index (κ2) is 4.46. The number of aromatic nitrogens is 2. The minimum atomic E-state index is 0.206. The molecule has 0 amide bonds. The highest BCUT2D eigenvalue weighted by atomic mass is 35.5. The van der Waals surface area contributed by atoms with Crippen molar-refractivity contribution in [3.63, 3.8) is 0 Å². The summed E-state index contributed by atoms with van der Waals surface area (Å²) in [4.78, 5) is 7.79. The Morgan fingerprint density at radius 2 is 2.07 bits per heavy atom. The largest absolute Gasteiger partial charge is 0.394 e. The van der Waals surface area contributed by atoms with E-state index < -0.39 is 0 Å². The molecule has 0 fully saturated rings. The summed E-state index contributed by atoms with van der Waals surface area (Å²) >= 11 is 5.66. The predicted octanol–water partition coefficient (Wildman–Crippen LogP) is 2.17. The van der Waals surface area contributed by atoms with Crippen molar-refractivity contribution in [1.82, 2.24) is 9.97 Å². The molecule has 0 aromatic carbocycles. The maximum Gasteiger partial charge on any atom is 0.224 e. The summed E-state index contributed by atoms with van der Waals surface area (Å²) in [5.74, 6) is 1.11. The van der Waals surface area contributed by atoms with Crippen LogP contribution in [0.2, 0.25) is 5.28 Å². The van der Waals surface area contributed by atoms with E-state index in [0.717, 1.165) is 0 Å². The Kier molecular flexibility index (Phi) is 3.52. The molecule has 0 bridgehead atoms. The van der Waals surface area contributed by atoms with E-state index in [1.807, 2.05) is 0 Å². The van der Waals surface area contributed by atoms with Crippen LogP contribution in [0.4, 0.5) is 11.5 Å². The quantitative estimate of drug-likeness (QED) is 0.757. The molecule has 5 heteroatoms. The van der Waals surface area contributed by atoms with Gasteiger partial charge in [-0.25, -0.2) is 4.98 Å². The average Bonchev–Trinajstić information content (AvgIpc) is 2.11. The Morgan fingerprint density at radius 1 is 1.43 bits per heavy atom. The molecule has 1 aromatic heterocycles. The van der Waals surface area contributed by atoms with Crippen molar-refractivity contribution in [1.29, 1.82) is 0 Å². The van der Waals surface area contributed by atoms with Crippen LogP contribution in [0.1, 0.15) is 20.8 Å². The molecule has 0 aliphatic heterocycles. The lowest BCUT2D eigenvalue weighted by Gasteiger charge is -2.18. The fraction of sp³-hybridized carbons (Fsp3) is 0.556. The van der Waals surface area contributed by atoms with Gasteiger partial charge in [0.05, 0.1) is 11.9 Å². The summed E-state index contributed by atoms with van der Waals surface area (Å²) in [5.41, 5.74) is 6.21. The van der Waals surface area contributed by atoms with Gasteiger partial charge in [0.2, 0.25) is 5.28 Å². The maximum atomic E-state index is 5.69. The van der Waals surface area contributed by atoms with Crippen LogP contribution in [-0.4, -0.2) is 16.0 Å². The Bertz CT molecular complexity index is 314. The van der Waals surface area contributed by atoms with Crippen LogP contribution in [-0.2, 0) is 0 Å². The summed E-state index contributed by atoms with van der Waals surface area (Å²) in [5, 5.41) is 3.40. The minimum absolute atomic E-state index is 0.206. The monoisotopic (exact) mass is 214 g/mol. The zero-order chi connectivity index (χ0) is 10.7. The van der Waals surface area contributed by atoms with Gasteiger partial charge in [0.1, 0.15) is 0 Å². The van der Waals surface area contributed by atoms with Gasteiger partial charge in [-0.2, -0.15) is 4.98 Å². The fourth-order valence-corrected chi connectivity index (χ4v) is 1.00. The van der Waals surface area contributed by atoms with E-state index in [4.69, 9.17) is 17.3 Å². The molecule has 3 N–H and O–H groups in total. The third-order valence-corrected chi connectivity index (χ3v) is 2.33. The highest BCUT2D eigenvalue weighted by Crippen LogP contribution is 2.18. The highest BCUT2D eigenvalue weighted by molar-refractivity contribution is 6.28. The van der Waals surface area contributed by atoms with Crippen LogP contribution in [0.3, 0.4) is 0 Å². The molecule has 0 saturated carbocycles. The van der Waals surface area contributed by atoms with Gasteiger partial charge in [-0.1, -0.05) is 13.8 Å². The molecule has 1 atom stereocenters. The Balaban J connectivity index is 2.80. The highest BCUT2D eigenvalue weighted by Gasteiger charge is 2.10. The van der Waals surface area contributed by atoms with E-state index in [-0.39, 0.29) is 5.28 Å². The van der Waals surface area contributed by atoms with E-state index in [1.165, 1.54) is 6.20 Å². The first kappa shape index (κ1) is 11.0. The molecule has 1 unspecified atom stereocenters. The van der Waals surface area contributed by atoms with E-state index in [0.29, 0.717) is 23.5 Å². The van der Waals surface area contributed by atoms with Gasteiger partial charge in [-0.05, 0) is 24.4 Å². The van der Waals surface area contributed by atoms with Gasteiger partial charge >= 0.3 is 0 Å². The average molecular weight is 215 g/mol. The van der Waals surface area contributed by atoms with Crippen LogP contribution in [0.15, 0.2) is 6.20 Å². The van der Waals surface area contributed by atoms with E-state index in [2.05, 4.69) is 36.1 Å². The van der Waals surface area contributed by atoms with Crippen LogP contribution in [0, 0.1) is 5.92 Å². The standard InChI is InChI=1S/C9H15ClN4/c1-5(2)6(3)13-8-7(11)4-12-9(10)14-8/h4-6H,11H2,1-3H3,(H,12,13,14). The molecule has 0 aliphatic carbocycles. The molecular weight excluding hydrogens is 200 g/mol. The number of hydrogen-bond donors (Lipinski definition) is 2. The zero-order valence-corrected chi connectivity index (χ0v) is 9.34. The smallest absolute Gasteiger partial charge is 0.224 e. The number of nitrogens with one attached hydrogen (secondary N) is 1. The van der Waals surface area contributed by atoms with Crippen molar-refractivity contribution in [3.05, 3.63) is 11.5 Å². The van der Waals surface area contributed by atoms with Gasteiger partial charge in [-0.3, -0.25) is 0 Å². The van der Waals surface area contributed by atoms with Crippen LogP contribution < -0.4 is 11.1 Å². The molecule has 14 heavy (non-hydrogen) atoms. The lowest BCUT2D eigenvalue weighted by Crippen LogP contribution is -2.23. The molecule has 1 aromatic rings. The number of halogens is 1. The van der Waals surface area contributed by atoms with Gasteiger partial charge in [0, 0.05) is 6.04 Å². The third kappa shape index (κ3) is 2.73. The lowest BCUT2D eigenvalue weighted by molar-refractivity contribution is 0.558. The summed E-state index contributed by atoms with van der Waals surface area (Å²) in [6.45, 7) is 6.31. The Labute approximate surface area is 88.9 Å². The van der Waals surface area contributed by atoms with Crippen molar-refractivity contribution in [2.45, 2.75) is 26.8 Å². The number of anilines is 2. The van der Waals surface area contributed by atoms with Crippen molar-refractivity contribution >= 4 is 23.1 Å². The normalized spacial score (nSPS) is 12.9. The first-order valence-electron chi connectivity index (χ1n) is 4.55. The molecule has 0 aliphatic rings. The summed E-state index contributed by atoms with van der Waals surface area (Å²) in [7, 11) is 0. The van der Waals surface area contributed by atoms with Crippen molar-refractivity contribution in [2.75, 3.05) is 11.1 Å². The van der Waals surface area contributed by atoms with Gasteiger partial charge in [0.15, 0.2) is 5.82 Å². The SMILES string of the molecule is CC(C)C(C)Nc1nc(Cl)ncc1N. The summed E-state index contributed by atoms with van der Waals surface area (Å²) < 4.78 is 0. The first-order chi connectivity index (χ1) is 6.50. The summed E-state index contributed by atoms with van der Waals surface area (Å²) in [6, 6.07) is 0.295. The molecule has 0 radical (unpaired) electrons. The Hall–Kier alpha value is -1.03. The zero-order valence-electron chi connectivity index (χ0n) is 8.58. The Morgan fingerprint density at radius 3 is 2.64 bits per heavy atom. The molecule has 1 heterocycles. The second-order valence-corrected chi connectivity index (χ2v) is 3.96. The molecule has 4 nitrogen and oxygen atoms in total. The third-order valence-electron chi connectivity index (χ3n) is 2.15. The number of nitrogen functional groups attached to an aromatic ring is 1. The number of nitrogens with zero attached hydrogens (tertiary/aromatic N) is 2. The number of nitrogens with two attached hydrogens (primary N) is 1. The predicted molar refractivity (Wildman–Crippen MR) is 59.4 cm³/mol. The molecule has 78 valence electrons. The van der Waals surface area contributed by atoms with Crippen LogP contribution in [0.25, 0.3) is 0 Å². The lowest BCUT2D eigenvalue weighted by atomic mass is 10.1. The van der Waals surface area contributed by atoms with Crippen molar-refractivity contribution in [3.8, 4) is 0 Å². The van der Waals surface area contributed by atoms with Gasteiger partial charge < -0.3 is 11.1 Å². The molecular formula is C9H15ClN4. The first-order valence-corrected chi connectivity index (χ1v) is 4.93. The minimum Gasteiger partial charge on any atom is -0.394 e. The van der Waals surface area contributed by atoms with Gasteiger partial charge in [-0.15, -0.1) is 0 Å². The number of hydrogen-bond acceptors (Lipinski definition) is 4.